The molecule has 150 valence electrons. The molecule has 0 saturated carbocycles. The van der Waals surface area contributed by atoms with E-state index in [1.807, 2.05) is 13.8 Å². The molecule has 0 radical (unpaired) electrons. The first-order valence-corrected chi connectivity index (χ1v) is 10.1. The second-order valence-electron chi connectivity index (χ2n) is 6.35. The van der Waals surface area contributed by atoms with Crippen molar-refractivity contribution in [1.29, 1.82) is 0 Å². The number of carbonyl (C=O) groups excluding carboxylic acids is 1. The van der Waals surface area contributed by atoms with Gasteiger partial charge < -0.3 is 25.2 Å². The molecule has 9 heteroatoms. The molecule has 1 aromatic heterocycles. The summed E-state index contributed by atoms with van der Waals surface area (Å²) in [6, 6.07) is 0. The maximum absolute atomic E-state index is 11.1. The number of nitrogens with one attached hydrogen (secondary N) is 1. The van der Waals surface area contributed by atoms with Crippen LogP contribution in [0.25, 0.3) is 0 Å². The lowest BCUT2D eigenvalue weighted by Gasteiger charge is -2.29. The van der Waals surface area contributed by atoms with Crippen molar-refractivity contribution in [1.82, 2.24) is 15.3 Å². The maximum atomic E-state index is 11.1. The summed E-state index contributed by atoms with van der Waals surface area (Å²) in [5, 5.41) is 23.5. The third kappa shape index (κ3) is 5.19. The van der Waals surface area contributed by atoms with Gasteiger partial charge in [0.25, 0.3) is 0 Å². The number of amides is 1. The monoisotopic (exact) mass is 396 g/mol. The Morgan fingerprint density at radius 3 is 2.85 bits per heavy atom. The number of hydrogen-bond acceptors (Lipinski definition) is 8. The third-order valence-corrected chi connectivity index (χ3v) is 5.62. The number of aromatic nitrogens is 2. The van der Waals surface area contributed by atoms with E-state index in [2.05, 4.69) is 21.9 Å². The smallest absolute Gasteiger partial charge is 0.243 e. The molecule has 0 bridgehead atoms. The zero-order chi connectivity index (χ0) is 20.0. The minimum absolute atomic E-state index is 0.212. The topological polar surface area (TPSA) is 108 Å². The molecule has 1 aliphatic heterocycles. The molecule has 0 spiro atoms. The molecule has 27 heavy (non-hydrogen) atoms. The van der Waals surface area contributed by atoms with E-state index in [0.717, 1.165) is 17.7 Å². The van der Waals surface area contributed by atoms with Crippen LogP contribution in [-0.2, 0) is 16.0 Å². The molecule has 4 unspecified atom stereocenters. The number of thioether (sulfide) groups is 1. The first-order valence-electron chi connectivity index (χ1n) is 8.93. The standard InChI is InChI=1S/C18H28N4O4S/c1-5-12-11(3)17(21-10-20-12)22(4)18-16(25)15(24)13(26-18)9-27-8-7-19-14(23)6-2/h6,10,13,15-16,18,24-25H,2,5,7-9H2,1,3-4H3,(H,19,23). The Morgan fingerprint density at radius 1 is 1.44 bits per heavy atom. The Morgan fingerprint density at radius 2 is 2.19 bits per heavy atom. The average Bonchev–Trinajstić information content (AvgIpc) is 2.95. The van der Waals surface area contributed by atoms with Crippen LogP contribution in [0.3, 0.4) is 0 Å². The van der Waals surface area contributed by atoms with Gasteiger partial charge in [0.1, 0.15) is 24.4 Å². The van der Waals surface area contributed by atoms with E-state index in [4.69, 9.17) is 4.74 Å². The number of aliphatic hydroxyl groups excluding tert-OH is 2. The van der Waals surface area contributed by atoms with Crippen molar-refractivity contribution in [2.24, 2.45) is 0 Å². The number of likely N-dealkylation sites (N-methyl/N-ethyl adjacent to an activating group) is 1. The average molecular weight is 397 g/mol. The van der Waals surface area contributed by atoms with Gasteiger partial charge >= 0.3 is 0 Å². The van der Waals surface area contributed by atoms with Gasteiger partial charge in [-0.15, -0.1) is 0 Å². The zero-order valence-electron chi connectivity index (χ0n) is 16.0. The summed E-state index contributed by atoms with van der Waals surface area (Å²) in [6.45, 7) is 7.86. The molecule has 2 heterocycles. The minimum atomic E-state index is -1.04. The summed E-state index contributed by atoms with van der Waals surface area (Å²) in [5.74, 6) is 1.65. The minimum Gasteiger partial charge on any atom is -0.387 e. The lowest BCUT2D eigenvalue weighted by Crippen LogP contribution is -2.43. The number of ether oxygens (including phenoxy) is 1. The van der Waals surface area contributed by atoms with Gasteiger partial charge in [0.2, 0.25) is 5.91 Å². The Bertz CT molecular complexity index is 660. The van der Waals surface area contributed by atoms with Crippen LogP contribution in [0.4, 0.5) is 5.82 Å². The van der Waals surface area contributed by atoms with Crippen LogP contribution in [0, 0.1) is 6.92 Å². The third-order valence-electron chi connectivity index (χ3n) is 4.56. The van der Waals surface area contributed by atoms with Crippen LogP contribution >= 0.6 is 11.8 Å². The van der Waals surface area contributed by atoms with Crippen molar-refractivity contribution >= 4 is 23.5 Å². The van der Waals surface area contributed by atoms with E-state index in [-0.39, 0.29) is 5.91 Å². The molecular formula is C18H28N4O4S. The second-order valence-corrected chi connectivity index (χ2v) is 7.50. The van der Waals surface area contributed by atoms with Gasteiger partial charge in [-0.2, -0.15) is 11.8 Å². The quantitative estimate of drug-likeness (QED) is 0.403. The largest absolute Gasteiger partial charge is 0.387 e. The number of aliphatic hydroxyl groups is 2. The number of hydrogen-bond donors (Lipinski definition) is 3. The van der Waals surface area contributed by atoms with Crippen LogP contribution in [-0.4, -0.2) is 75.7 Å². The summed E-state index contributed by atoms with van der Waals surface area (Å²) in [7, 11) is 1.79. The second kappa shape index (κ2) is 10.0. The summed E-state index contributed by atoms with van der Waals surface area (Å²) >= 11 is 1.54. The van der Waals surface area contributed by atoms with Crippen molar-refractivity contribution < 1.29 is 19.7 Å². The predicted molar refractivity (Wildman–Crippen MR) is 106 cm³/mol. The predicted octanol–water partition coefficient (Wildman–Crippen LogP) is 0.266. The Labute approximate surface area is 164 Å². The van der Waals surface area contributed by atoms with Crippen LogP contribution in [0.2, 0.25) is 0 Å². The number of aryl methyl sites for hydroxylation is 1. The first kappa shape index (κ1) is 21.6. The highest BCUT2D eigenvalue weighted by molar-refractivity contribution is 7.99. The summed E-state index contributed by atoms with van der Waals surface area (Å²) in [5.41, 5.74) is 1.87. The first-order chi connectivity index (χ1) is 12.9. The van der Waals surface area contributed by atoms with E-state index in [9.17, 15) is 15.0 Å². The molecule has 4 atom stereocenters. The highest BCUT2D eigenvalue weighted by Gasteiger charge is 2.45. The maximum Gasteiger partial charge on any atom is 0.243 e. The molecule has 2 rings (SSSR count). The van der Waals surface area contributed by atoms with Gasteiger partial charge in [-0.05, 0) is 19.4 Å². The van der Waals surface area contributed by atoms with Crippen molar-refractivity contribution in [2.45, 2.75) is 44.8 Å². The van der Waals surface area contributed by atoms with Crippen molar-refractivity contribution in [3.8, 4) is 0 Å². The number of carbonyl (C=O) groups is 1. The summed E-state index contributed by atoms with van der Waals surface area (Å²) < 4.78 is 5.92. The van der Waals surface area contributed by atoms with Crippen LogP contribution < -0.4 is 10.2 Å². The molecule has 8 nitrogen and oxygen atoms in total. The van der Waals surface area contributed by atoms with Gasteiger partial charge in [-0.3, -0.25) is 4.79 Å². The zero-order valence-corrected chi connectivity index (χ0v) is 16.8. The summed E-state index contributed by atoms with van der Waals surface area (Å²) in [4.78, 5) is 21.4. The fraction of sp³-hybridized carbons (Fsp3) is 0.611. The van der Waals surface area contributed by atoms with Gasteiger partial charge in [-0.25, -0.2) is 9.97 Å². The number of rotatable bonds is 9. The molecule has 3 N–H and O–H groups in total. The summed E-state index contributed by atoms with van der Waals surface area (Å²) in [6.07, 6.45) is 0.295. The highest BCUT2D eigenvalue weighted by Crippen LogP contribution is 2.29. The van der Waals surface area contributed by atoms with Crippen LogP contribution in [0.15, 0.2) is 19.0 Å². The molecular weight excluding hydrogens is 368 g/mol. The lowest BCUT2D eigenvalue weighted by atomic mass is 10.1. The number of nitrogens with zero attached hydrogens (tertiary/aromatic N) is 3. The van der Waals surface area contributed by atoms with Gasteiger partial charge in [0.05, 0.1) is 6.10 Å². The molecule has 1 aromatic rings. The van der Waals surface area contributed by atoms with E-state index >= 15 is 0 Å². The van der Waals surface area contributed by atoms with Gasteiger partial charge in [-0.1, -0.05) is 13.5 Å². The fourth-order valence-electron chi connectivity index (χ4n) is 3.01. The van der Waals surface area contributed by atoms with Crippen LogP contribution in [0.1, 0.15) is 18.2 Å². The molecule has 0 aliphatic carbocycles. The van der Waals surface area contributed by atoms with E-state index in [1.54, 1.807) is 11.9 Å². The molecule has 1 aliphatic rings. The Balaban J connectivity index is 1.94. The van der Waals surface area contributed by atoms with Gasteiger partial charge in [0, 0.05) is 36.4 Å². The molecule has 1 saturated heterocycles. The van der Waals surface area contributed by atoms with Crippen molar-refractivity contribution in [3.63, 3.8) is 0 Å². The Kier molecular flexibility index (Phi) is 8.03. The normalized spacial score (nSPS) is 24.6. The molecule has 0 aromatic carbocycles. The number of anilines is 1. The fourth-order valence-corrected chi connectivity index (χ4v) is 3.93. The van der Waals surface area contributed by atoms with Crippen LogP contribution in [0.5, 0.6) is 0 Å². The van der Waals surface area contributed by atoms with Crippen molar-refractivity contribution in [2.75, 3.05) is 30.0 Å². The van der Waals surface area contributed by atoms with Crippen molar-refractivity contribution in [3.05, 3.63) is 30.2 Å². The molecule has 1 amide bonds. The van der Waals surface area contributed by atoms with E-state index < -0.39 is 24.5 Å². The Hall–Kier alpha value is -1.68. The van der Waals surface area contributed by atoms with E-state index in [0.29, 0.717) is 23.9 Å². The van der Waals surface area contributed by atoms with Gasteiger partial charge in [0.15, 0.2) is 6.23 Å². The molecule has 1 fully saturated rings. The SMILES string of the molecule is C=CC(=O)NCCSCC1OC(N(C)c2ncnc(CC)c2C)C(O)C1O. The highest BCUT2D eigenvalue weighted by atomic mass is 32.2. The van der Waals surface area contributed by atoms with E-state index in [1.165, 1.54) is 24.2 Å². The lowest BCUT2D eigenvalue weighted by molar-refractivity contribution is -0.116.